The third-order valence-corrected chi connectivity index (χ3v) is 2.82. The molecule has 86 valence electrons. The van der Waals surface area contributed by atoms with E-state index in [-0.39, 0.29) is 12.4 Å². The van der Waals surface area contributed by atoms with Crippen LogP contribution in [0.4, 0.5) is 5.82 Å². The third-order valence-electron chi connectivity index (χ3n) is 2.82. The summed E-state index contributed by atoms with van der Waals surface area (Å²) >= 11 is 0. The van der Waals surface area contributed by atoms with Crippen LogP contribution < -0.4 is 10.6 Å². The van der Waals surface area contributed by atoms with Gasteiger partial charge in [0.1, 0.15) is 5.82 Å². The highest BCUT2D eigenvalue weighted by atomic mass is 35.5. The smallest absolute Gasteiger partial charge is 0.130 e. The van der Waals surface area contributed by atoms with Gasteiger partial charge in [-0.15, -0.1) is 12.4 Å². The molecule has 1 fully saturated rings. The highest BCUT2D eigenvalue weighted by Crippen LogP contribution is 2.23. The van der Waals surface area contributed by atoms with Gasteiger partial charge < -0.3 is 10.6 Å². The SMILES string of the molecule is Cl.N#Cc1ccnc(N2CCCC2CN)c1. The van der Waals surface area contributed by atoms with Crippen molar-refractivity contribution in [1.82, 2.24) is 4.98 Å². The molecular formula is C11H15ClN4. The summed E-state index contributed by atoms with van der Waals surface area (Å²) < 4.78 is 0. The summed E-state index contributed by atoms with van der Waals surface area (Å²) in [6.45, 7) is 1.64. The quantitative estimate of drug-likeness (QED) is 0.844. The lowest BCUT2D eigenvalue weighted by Crippen LogP contribution is -2.35. The first-order valence-corrected chi connectivity index (χ1v) is 5.18. The number of hydrogen-bond donors (Lipinski definition) is 1. The van der Waals surface area contributed by atoms with E-state index in [9.17, 15) is 0 Å². The summed E-state index contributed by atoms with van der Waals surface area (Å²) in [5.74, 6) is 0.877. The molecule has 16 heavy (non-hydrogen) atoms. The summed E-state index contributed by atoms with van der Waals surface area (Å²) in [7, 11) is 0. The topological polar surface area (TPSA) is 65.9 Å². The second kappa shape index (κ2) is 5.69. The Bertz CT molecular complexity index is 388. The molecule has 0 radical (unpaired) electrons. The van der Waals surface area contributed by atoms with Crippen LogP contribution in [0.25, 0.3) is 0 Å². The van der Waals surface area contributed by atoms with Crippen molar-refractivity contribution in [3.05, 3.63) is 23.9 Å². The van der Waals surface area contributed by atoms with Crippen molar-refractivity contribution in [1.29, 1.82) is 5.26 Å². The van der Waals surface area contributed by atoms with Crippen LogP contribution in [-0.4, -0.2) is 24.1 Å². The van der Waals surface area contributed by atoms with Crippen molar-refractivity contribution < 1.29 is 0 Å². The number of pyridine rings is 1. The van der Waals surface area contributed by atoms with Crippen LogP contribution in [0.15, 0.2) is 18.3 Å². The lowest BCUT2D eigenvalue weighted by molar-refractivity contribution is 0.671. The maximum atomic E-state index is 8.81. The summed E-state index contributed by atoms with van der Waals surface area (Å²) in [4.78, 5) is 6.48. The lowest BCUT2D eigenvalue weighted by atomic mass is 10.2. The fourth-order valence-corrected chi connectivity index (χ4v) is 2.03. The van der Waals surface area contributed by atoms with E-state index in [1.165, 1.54) is 0 Å². The molecule has 0 saturated carbocycles. The van der Waals surface area contributed by atoms with Gasteiger partial charge in [-0.25, -0.2) is 4.98 Å². The molecule has 2 N–H and O–H groups in total. The zero-order valence-corrected chi connectivity index (χ0v) is 9.78. The Hall–Kier alpha value is -1.31. The standard InChI is InChI=1S/C11H14N4.ClH/c12-7-9-3-4-14-11(6-9)15-5-1-2-10(15)8-13;/h3-4,6,10H,1-2,5,8,13H2;1H. The van der Waals surface area contributed by atoms with Crippen LogP contribution >= 0.6 is 12.4 Å². The molecule has 5 heteroatoms. The molecule has 1 unspecified atom stereocenters. The van der Waals surface area contributed by atoms with Crippen molar-refractivity contribution in [2.75, 3.05) is 18.0 Å². The van der Waals surface area contributed by atoms with Gasteiger partial charge in [-0.05, 0) is 25.0 Å². The highest BCUT2D eigenvalue weighted by Gasteiger charge is 2.24. The van der Waals surface area contributed by atoms with Crippen LogP contribution in [0.2, 0.25) is 0 Å². The summed E-state index contributed by atoms with van der Waals surface area (Å²) in [5, 5.41) is 8.81. The number of anilines is 1. The van der Waals surface area contributed by atoms with E-state index < -0.39 is 0 Å². The lowest BCUT2D eigenvalue weighted by Gasteiger charge is -2.24. The number of nitrogens with two attached hydrogens (primary N) is 1. The highest BCUT2D eigenvalue weighted by molar-refractivity contribution is 5.85. The Labute approximate surface area is 101 Å². The Morgan fingerprint density at radius 2 is 2.44 bits per heavy atom. The molecule has 0 aliphatic carbocycles. The molecule has 2 rings (SSSR count). The maximum Gasteiger partial charge on any atom is 0.130 e. The molecule has 1 atom stereocenters. The zero-order chi connectivity index (χ0) is 10.7. The third kappa shape index (κ3) is 2.43. The Balaban J connectivity index is 0.00000128. The van der Waals surface area contributed by atoms with Gasteiger partial charge in [0.25, 0.3) is 0 Å². The molecule has 1 aliphatic rings. The molecule has 4 nitrogen and oxygen atoms in total. The van der Waals surface area contributed by atoms with E-state index in [0.29, 0.717) is 18.2 Å². The van der Waals surface area contributed by atoms with E-state index in [1.54, 1.807) is 12.3 Å². The van der Waals surface area contributed by atoms with Crippen LogP contribution in [0.1, 0.15) is 18.4 Å². The van der Waals surface area contributed by atoms with E-state index in [2.05, 4.69) is 16.0 Å². The number of nitriles is 1. The van der Waals surface area contributed by atoms with Crippen molar-refractivity contribution in [2.24, 2.45) is 5.73 Å². The molecular weight excluding hydrogens is 224 g/mol. The van der Waals surface area contributed by atoms with Crippen LogP contribution in [0, 0.1) is 11.3 Å². The fourth-order valence-electron chi connectivity index (χ4n) is 2.03. The molecule has 0 amide bonds. The van der Waals surface area contributed by atoms with Gasteiger partial charge in [0, 0.05) is 25.3 Å². The van der Waals surface area contributed by atoms with Gasteiger partial charge in [-0.2, -0.15) is 5.26 Å². The minimum atomic E-state index is 0. The summed E-state index contributed by atoms with van der Waals surface area (Å²) in [6.07, 6.45) is 3.95. The number of aromatic nitrogens is 1. The molecule has 0 bridgehead atoms. The van der Waals surface area contributed by atoms with Crippen molar-refractivity contribution in [3.8, 4) is 6.07 Å². The van der Waals surface area contributed by atoms with Gasteiger partial charge in [-0.1, -0.05) is 0 Å². The van der Waals surface area contributed by atoms with Crippen LogP contribution in [0.5, 0.6) is 0 Å². The summed E-state index contributed by atoms with van der Waals surface area (Å²) in [6, 6.07) is 6.05. The van der Waals surface area contributed by atoms with E-state index >= 15 is 0 Å². The minimum Gasteiger partial charge on any atom is -0.352 e. The zero-order valence-electron chi connectivity index (χ0n) is 8.97. The number of hydrogen-bond acceptors (Lipinski definition) is 4. The molecule has 0 spiro atoms. The monoisotopic (exact) mass is 238 g/mol. The minimum absolute atomic E-state index is 0. The van der Waals surface area contributed by atoms with E-state index in [0.717, 1.165) is 25.2 Å². The Kier molecular flexibility index (Phi) is 4.53. The molecule has 1 aromatic rings. The molecule has 1 aromatic heterocycles. The predicted molar refractivity (Wildman–Crippen MR) is 65.6 cm³/mol. The van der Waals surface area contributed by atoms with Gasteiger partial charge in [0.05, 0.1) is 11.6 Å². The summed E-state index contributed by atoms with van der Waals surface area (Å²) in [5.41, 5.74) is 6.35. The van der Waals surface area contributed by atoms with Gasteiger partial charge in [0.15, 0.2) is 0 Å². The number of nitrogens with zero attached hydrogens (tertiary/aromatic N) is 3. The Morgan fingerprint density at radius 1 is 1.62 bits per heavy atom. The van der Waals surface area contributed by atoms with Gasteiger partial charge >= 0.3 is 0 Å². The van der Waals surface area contributed by atoms with Crippen LogP contribution in [-0.2, 0) is 0 Å². The fraction of sp³-hybridized carbons (Fsp3) is 0.455. The average molecular weight is 239 g/mol. The van der Waals surface area contributed by atoms with Crippen molar-refractivity contribution in [3.63, 3.8) is 0 Å². The second-order valence-electron chi connectivity index (χ2n) is 3.74. The van der Waals surface area contributed by atoms with Crippen molar-refractivity contribution >= 4 is 18.2 Å². The largest absolute Gasteiger partial charge is 0.352 e. The van der Waals surface area contributed by atoms with Gasteiger partial charge in [0.2, 0.25) is 0 Å². The predicted octanol–water partition coefficient (Wildman–Crippen LogP) is 1.30. The average Bonchev–Trinajstić information content (AvgIpc) is 2.77. The molecule has 0 aromatic carbocycles. The number of halogens is 1. The van der Waals surface area contributed by atoms with E-state index in [1.807, 2.05) is 6.07 Å². The normalized spacial score (nSPS) is 19.0. The Morgan fingerprint density at radius 3 is 3.12 bits per heavy atom. The van der Waals surface area contributed by atoms with Crippen molar-refractivity contribution in [2.45, 2.75) is 18.9 Å². The van der Waals surface area contributed by atoms with Gasteiger partial charge in [-0.3, -0.25) is 0 Å². The first kappa shape index (κ1) is 12.8. The first-order chi connectivity index (χ1) is 7.35. The van der Waals surface area contributed by atoms with Crippen LogP contribution in [0.3, 0.4) is 0 Å². The van der Waals surface area contributed by atoms with E-state index in [4.69, 9.17) is 11.0 Å². The molecule has 1 saturated heterocycles. The maximum absolute atomic E-state index is 8.81. The first-order valence-electron chi connectivity index (χ1n) is 5.18. The second-order valence-corrected chi connectivity index (χ2v) is 3.74. The molecule has 1 aliphatic heterocycles. The number of rotatable bonds is 2. The molecule has 2 heterocycles.